The molecule has 90 valence electrons. The van der Waals surface area contributed by atoms with Crippen LogP contribution in [0.1, 0.15) is 11.3 Å². The molecule has 1 aromatic heterocycles. The predicted molar refractivity (Wildman–Crippen MR) is 75.6 cm³/mol. The second-order valence-electron chi connectivity index (χ2n) is 3.47. The molecule has 0 aliphatic rings. The molecule has 17 heavy (non-hydrogen) atoms. The molecule has 0 unspecified atom stereocenters. The van der Waals surface area contributed by atoms with Crippen LogP contribution >= 0.6 is 43.5 Å². The molecule has 0 saturated heterocycles. The summed E-state index contributed by atoms with van der Waals surface area (Å²) in [4.78, 5) is 11.3. The van der Waals surface area contributed by atoms with Crippen molar-refractivity contribution >= 4 is 60.5 Å². The normalized spacial score (nSPS) is 11.0. The maximum absolute atomic E-state index is 11.3. The van der Waals surface area contributed by atoms with Gasteiger partial charge in [0.15, 0.2) is 0 Å². The number of benzene rings is 1. The van der Waals surface area contributed by atoms with E-state index < -0.39 is 6.09 Å². The zero-order chi connectivity index (χ0) is 12.6. The second kappa shape index (κ2) is 5.00. The molecule has 0 amide bonds. The molecule has 3 nitrogen and oxygen atoms in total. The highest BCUT2D eigenvalue weighted by molar-refractivity contribution is 9.09. The van der Waals surface area contributed by atoms with Gasteiger partial charge in [0.05, 0.1) is 5.52 Å². The number of carboxylic acid groups (broad SMARTS) is 1. The molecule has 0 fully saturated rings. The number of fused-ring (bicyclic) bond motifs is 1. The van der Waals surface area contributed by atoms with Crippen LogP contribution in [0.4, 0.5) is 4.79 Å². The molecule has 1 aromatic carbocycles. The van der Waals surface area contributed by atoms with Crippen LogP contribution in [-0.4, -0.2) is 15.8 Å². The number of hydrogen-bond acceptors (Lipinski definition) is 1. The maximum Gasteiger partial charge on any atom is 0.416 e. The minimum Gasteiger partial charge on any atom is -0.464 e. The fourth-order valence-electron chi connectivity index (χ4n) is 1.89. The highest BCUT2D eigenvalue weighted by atomic mass is 79.9. The summed E-state index contributed by atoms with van der Waals surface area (Å²) in [5, 5.41) is 11.8. The molecule has 2 rings (SSSR count). The summed E-state index contributed by atoms with van der Waals surface area (Å²) in [6.45, 7) is 0. The van der Waals surface area contributed by atoms with Gasteiger partial charge < -0.3 is 5.11 Å². The summed E-state index contributed by atoms with van der Waals surface area (Å²) in [6.07, 6.45) is -0.987. The number of carbonyl (C=O) groups is 1. The van der Waals surface area contributed by atoms with Gasteiger partial charge in [0, 0.05) is 26.8 Å². The summed E-state index contributed by atoms with van der Waals surface area (Å²) in [6, 6.07) is 5.21. The summed E-state index contributed by atoms with van der Waals surface area (Å²) < 4.78 is 1.29. The largest absolute Gasteiger partial charge is 0.464 e. The van der Waals surface area contributed by atoms with Crippen LogP contribution in [0.5, 0.6) is 0 Å². The Kier molecular flexibility index (Phi) is 3.80. The van der Waals surface area contributed by atoms with E-state index in [0.717, 1.165) is 16.6 Å². The Morgan fingerprint density at radius 3 is 2.59 bits per heavy atom. The Hall–Kier alpha value is -0.520. The van der Waals surface area contributed by atoms with Gasteiger partial charge in [-0.1, -0.05) is 43.5 Å². The lowest BCUT2D eigenvalue weighted by molar-refractivity contribution is 0.197. The van der Waals surface area contributed by atoms with Gasteiger partial charge in [-0.05, 0) is 23.8 Å². The van der Waals surface area contributed by atoms with E-state index >= 15 is 0 Å². The summed E-state index contributed by atoms with van der Waals surface area (Å²) in [5.41, 5.74) is 2.33. The standard InChI is InChI=1S/C11H8Br2ClNO2/c12-4-8-7-3-6(14)1-2-9(7)15(11(16)17)10(8)5-13/h1-3H,4-5H2,(H,16,17). The minimum absolute atomic E-state index is 0.479. The van der Waals surface area contributed by atoms with Crippen molar-refractivity contribution < 1.29 is 9.90 Å². The highest BCUT2D eigenvalue weighted by Crippen LogP contribution is 2.31. The molecule has 1 heterocycles. The first kappa shape index (κ1) is 12.9. The van der Waals surface area contributed by atoms with Gasteiger partial charge in [0.2, 0.25) is 0 Å². The number of alkyl halides is 2. The number of aromatic nitrogens is 1. The molecular weight excluding hydrogens is 373 g/mol. The highest BCUT2D eigenvalue weighted by Gasteiger charge is 2.19. The van der Waals surface area contributed by atoms with E-state index in [2.05, 4.69) is 31.9 Å². The lowest BCUT2D eigenvalue weighted by atomic mass is 10.1. The fraction of sp³-hybridized carbons (Fsp3) is 0.182. The third-order valence-electron chi connectivity index (χ3n) is 2.59. The predicted octanol–water partition coefficient (Wildman–Crippen LogP) is 4.61. The molecule has 6 heteroatoms. The van der Waals surface area contributed by atoms with Crippen molar-refractivity contribution in [1.29, 1.82) is 0 Å². The Morgan fingerprint density at radius 2 is 2.06 bits per heavy atom. The maximum atomic E-state index is 11.3. The smallest absolute Gasteiger partial charge is 0.416 e. The lowest BCUT2D eigenvalue weighted by Crippen LogP contribution is -2.10. The summed E-state index contributed by atoms with van der Waals surface area (Å²) >= 11 is 12.7. The van der Waals surface area contributed by atoms with E-state index in [1.165, 1.54) is 4.57 Å². The van der Waals surface area contributed by atoms with Crippen molar-refractivity contribution in [2.45, 2.75) is 10.7 Å². The molecule has 0 aliphatic heterocycles. The quantitative estimate of drug-likeness (QED) is 0.772. The van der Waals surface area contributed by atoms with Crippen LogP contribution in [0.25, 0.3) is 10.9 Å². The van der Waals surface area contributed by atoms with E-state index in [-0.39, 0.29) is 0 Å². The van der Waals surface area contributed by atoms with Gasteiger partial charge in [-0.25, -0.2) is 9.36 Å². The Balaban J connectivity index is 2.91. The molecule has 0 spiro atoms. The van der Waals surface area contributed by atoms with E-state index in [9.17, 15) is 9.90 Å². The molecule has 0 aliphatic carbocycles. The van der Waals surface area contributed by atoms with Crippen LogP contribution in [0.15, 0.2) is 18.2 Å². The third-order valence-corrected chi connectivity index (χ3v) is 3.92. The number of rotatable bonds is 2. The molecule has 0 bridgehead atoms. The zero-order valence-electron chi connectivity index (χ0n) is 8.58. The van der Waals surface area contributed by atoms with Crippen molar-refractivity contribution in [2.24, 2.45) is 0 Å². The van der Waals surface area contributed by atoms with Crippen LogP contribution < -0.4 is 0 Å². The van der Waals surface area contributed by atoms with E-state index in [0.29, 0.717) is 21.2 Å². The van der Waals surface area contributed by atoms with Gasteiger partial charge in [-0.3, -0.25) is 0 Å². The van der Waals surface area contributed by atoms with Crippen molar-refractivity contribution in [3.63, 3.8) is 0 Å². The van der Waals surface area contributed by atoms with E-state index in [1.54, 1.807) is 18.2 Å². The van der Waals surface area contributed by atoms with Gasteiger partial charge in [-0.15, -0.1) is 0 Å². The average Bonchev–Trinajstić information content (AvgIpc) is 2.61. The molecule has 0 radical (unpaired) electrons. The number of nitrogens with zero attached hydrogens (tertiary/aromatic N) is 1. The lowest BCUT2D eigenvalue weighted by Gasteiger charge is -2.02. The van der Waals surface area contributed by atoms with Crippen molar-refractivity contribution in [3.8, 4) is 0 Å². The molecule has 1 N–H and O–H groups in total. The average molecular weight is 381 g/mol. The van der Waals surface area contributed by atoms with Crippen molar-refractivity contribution in [1.82, 2.24) is 4.57 Å². The minimum atomic E-state index is -0.987. The van der Waals surface area contributed by atoms with Crippen molar-refractivity contribution in [2.75, 3.05) is 0 Å². The van der Waals surface area contributed by atoms with Crippen LogP contribution in [-0.2, 0) is 10.7 Å². The topological polar surface area (TPSA) is 42.2 Å². The first-order valence-electron chi connectivity index (χ1n) is 4.77. The van der Waals surface area contributed by atoms with Crippen LogP contribution in [0, 0.1) is 0 Å². The van der Waals surface area contributed by atoms with Crippen LogP contribution in [0.2, 0.25) is 5.02 Å². The Morgan fingerprint density at radius 1 is 1.35 bits per heavy atom. The van der Waals surface area contributed by atoms with Gasteiger partial charge in [-0.2, -0.15) is 0 Å². The molecule has 0 atom stereocenters. The van der Waals surface area contributed by atoms with E-state index in [1.807, 2.05) is 0 Å². The van der Waals surface area contributed by atoms with Crippen molar-refractivity contribution in [3.05, 3.63) is 34.5 Å². The van der Waals surface area contributed by atoms with E-state index in [4.69, 9.17) is 11.6 Å². The summed E-state index contributed by atoms with van der Waals surface area (Å²) in [7, 11) is 0. The van der Waals surface area contributed by atoms with Gasteiger partial charge >= 0.3 is 6.09 Å². The number of halogens is 3. The fourth-order valence-corrected chi connectivity index (χ4v) is 3.28. The van der Waals surface area contributed by atoms with Gasteiger partial charge in [0.25, 0.3) is 0 Å². The monoisotopic (exact) mass is 379 g/mol. The Bertz CT molecular complexity index is 595. The Labute approximate surface area is 120 Å². The molecule has 0 saturated carbocycles. The second-order valence-corrected chi connectivity index (χ2v) is 5.03. The third kappa shape index (κ3) is 2.11. The zero-order valence-corrected chi connectivity index (χ0v) is 12.5. The molecule has 2 aromatic rings. The first-order valence-corrected chi connectivity index (χ1v) is 7.39. The SMILES string of the molecule is O=C(O)n1c(CBr)c(CBr)c2cc(Cl)ccc21. The van der Waals surface area contributed by atoms with Gasteiger partial charge in [0.1, 0.15) is 0 Å². The van der Waals surface area contributed by atoms with Crippen LogP contribution in [0.3, 0.4) is 0 Å². The first-order chi connectivity index (χ1) is 8.10. The molecular formula is C11H8Br2ClNO2. The summed E-state index contributed by atoms with van der Waals surface area (Å²) in [5.74, 6) is 0. The number of hydrogen-bond donors (Lipinski definition) is 1.